The standard InChI is InChI=1S/C27H27N3O2.C25H31N3O2.C22H28N4.2C21H26N4/c1-19-8-9-24-22(16-19)23-17-29(2)15-12-25(23)30(24)18-26(20-10-13-28-14-11-20)32-27(31)21-6-4-3-5-7-21;1-17(2)24(29)30-25(4,19-7-6-11-26-14-19)16-28-22-9-8-18(3)13-20(22)21-15-27(5)12-10-23(21)28;1-16-5-6-20-18(13-16)19-14-25(4)12-9-21(19)26(20)15-22(24(2)3)17-7-10-23-11-8-17;1-15-4-5-20-17(12-15)18-13-24(3)11-8-21(18)25(20)14-19(22-2)16-6-9-23-10-7-16;1-15-6-7-19-17(11-15)18-13-24(3)10-8-20(18)25(19)14-21(2,22)16-5-4-9-23-12-16/h3-11,13-14,16,26H,12,15,17-18H2,1-2H3;6-9,11,13-14,17H,10,12,15-16H2,1-5H3;5-8,10-11,13,22H,9,12,14-15H2,1-4H3;4-7,9-10,12,19,22H,8,11,13-14H2,1-3H3;4-7,9,11-12H,8,10,13-14,22H2,1-3H3. The number of nitrogens with two attached hydrogens (primary N) is 1. The van der Waals surface area contributed by atoms with Crippen molar-refractivity contribution in [2.24, 2.45) is 11.7 Å². The molecule has 22 nitrogen and oxygen atoms in total. The summed E-state index contributed by atoms with van der Waals surface area (Å²) in [6.07, 6.45) is 23.2. The molecular formula is C116H138N18O4. The van der Waals surface area contributed by atoms with Crippen LogP contribution >= 0.6 is 0 Å². The Hall–Kier alpha value is -12.6. The highest BCUT2D eigenvalue weighted by molar-refractivity contribution is 5.92. The minimum absolute atomic E-state index is 0.187. The average Bonchev–Trinajstić information content (AvgIpc) is 1.62. The molecule has 138 heavy (non-hydrogen) atoms. The number of nitrogens with one attached hydrogen (secondary N) is 1. The summed E-state index contributed by atoms with van der Waals surface area (Å²) in [5, 5.41) is 10.3. The van der Waals surface area contributed by atoms with Gasteiger partial charge in [-0.25, -0.2) is 4.79 Å². The predicted octanol–water partition coefficient (Wildman–Crippen LogP) is 19.5. The molecule has 5 atom stereocenters. The molecule has 10 aromatic heterocycles. The van der Waals surface area contributed by atoms with E-state index in [0.29, 0.717) is 24.7 Å². The molecule has 0 amide bonds. The van der Waals surface area contributed by atoms with E-state index in [4.69, 9.17) is 15.2 Å². The predicted molar refractivity (Wildman–Crippen MR) is 557 cm³/mol. The number of nitrogens with zero attached hydrogens (tertiary/aromatic N) is 16. The van der Waals surface area contributed by atoms with Gasteiger partial charge in [0, 0.05) is 268 Å². The van der Waals surface area contributed by atoms with Gasteiger partial charge in [-0.05, 0) is 276 Å². The number of aromatic nitrogens is 10. The summed E-state index contributed by atoms with van der Waals surface area (Å²) < 4.78 is 24.5. The molecule has 22 heteroatoms. The zero-order valence-corrected chi connectivity index (χ0v) is 83.9. The Labute approximate surface area is 814 Å². The SMILES string of the molecule is CNC(Cn1c2c(c3cc(C)ccc31)CN(C)CC2)c1ccncc1.Cc1ccc2c(c1)c1c(n2CC(C)(N)c2cccnc2)CCN(C)C1.Cc1ccc2c(c1)c1c(n2CC(C)(OC(=O)C(C)C)c2cccnc2)CCN(C)C1.Cc1ccc2c(c1)c1c(n2CC(OC(=O)c2ccccc2)c2ccncc2)CCN(C)C1.Cc1ccc2c(c1)c1c(n2CC(c2ccncc2)N(C)C)CCN(C)C1. The van der Waals surface area contributed by atoms with E-state index in [-0.39, 0.29) is 23.9 Å². The lowest BCUT2D eigenvalue weighted by Gasteiger charge is -2.33. The zero-order valence-electron chi connectivity index (χ0n) is 83.9. The summed E-state index contributed by atoms with van der Waals surface area (Å²) in [6.45, 7) is 32.8. The van der Waals surface area contributed by atoms with Crippen LogP contribution in [0.5, 0.6) is 0 Å². The number of rotatable bonds is 21. The van der Waals surface area contributed by atoms with Crippen LogP contribution in [0.1, 0.15) is 168 Å². The van der Waals surface area contributed by atoms with Crippen molar-refractivity contribution >= 4 is 66.5 Å². The van der Waals surface area contributed by atoms with Gasteiger partial charge in [-0.2, -0.15) is 0 Å². The highest BCUT2D eigenvalue weighted by Gasteiger charge is 2.38. The van der Waals surface area contributed by atoms with Gasteiger partial charge in [0.1, 0.15) is 6.10 Å². The van der Waals surface area contributed by atoms with Gasteiger partial charge in [-0.3, -0.25) is 29.7 Å². The van der Waals surface area contributed by atoms with Crippen LogP contribution < -0.4 is 11.1 Å². The van der Waals surface area contributed by atoms with Crippen LogP contribution in [0.4, 0.5) is 0 Å². The molecule has 0 bridgehead atoms. The first kappa shape index (κ1) is 97.1. The van der Waals surface area contributed by atoms with Crippen LogP contribution in [0.3, 0.4) is 0 Å². The molecule has 5 aliphatic heterocycles. The quantitative estimate of drug-likeness (QED) is 0.0643. The number of hydrogen-bond donors (Lipinski definition) is 2. The van der Waals surface area contributed by atoms with Gasteiger partial charge >= 0.3 is 11.9 Å². The monoisotopic (exact) mass is 1850 g/mol. The minimum Gasteiger partial charge on any atom is -0.452 e. The Morgan fingerprint density at radius 1 is 0.406 bits per heavy atom. The lowest BCUT2D eigenvalue weighted by atomic mass is 9.94. The molecule has 21 rings (SSSR count). The molecule has 0 saturated heterocycles. The molecule has 5 aliphatic rings. The second-order valence-electron chi connectivity index (χ2n) is 40.3. The number of carbonyl (C=O) groups is 2. The largest absolute Gasteiger partial charge is 0.452 e. The second-order valence-corrected chi connectivity index (χ2v) is 40.3. The van der Waals surface area contributed by atoms with Crippen LogP contribution in [-0.2, 0) is 123 Å². The van der Waals surface area contributed by atoms with E-state index in [1.165, 1.54) is 150 Å². The molecule has 0 aliphatic carbocycles. The van der Waals surface area contributed by atoms with Crippen molar-refractivity contribution in [3.63, 3.8) is 0 Å². The molecule has 0 fully saturated rings. The number of hydrogen-bond acceptors (Lipinski definition) is 17. The average molecular weight is 1850 g/mol. The Kier molecular flexibility index (Phi) is 29.8. The molecule has 0 radical (unpaired) electrons. The summed E-state index contributed by atoms with van der Waals surface area (Å²) in [7, 11) is 17.4. The molecule has 0 saturated carbocycles. The molecule has 6 aromatic carbocycles. The van der Waals surface area contributed by atoms with Crippen molar-refractivity contribution in [2.75, 3.05) is 89.1 Å². The fourth-order valence-corrected chi connectivity index (χ4v) is 21.3. The van der Waals surface area contributed by atoms with E-state index in [9.17, 15) is 9.59 Å². The molecule has 16 aromatic rings. The molecule has 716 valence electrons. The first-order valence-corrected chi connectivity index (χ1v) is 49.1. The van der Waals surface area contributed by atoms with Gasteiger partial charge in [0.15, 0.2) is 5.60 Å². The second kappa shape index (κ2) is 42.4. The number of benzene rings is 6. The number of esters is 2. The van der Waals surface area contributed by atoms with Gasteiger partial charge < -0.3 is 72.8 Å². The number of ether oxygens (including phenoxy) is 2. The highest BCUT2D eigenvalue weighted by Crippen LogP contribution is 2.42. The zero-order chi connectivity index (χ0) is 96.8. The van der Waals surface area contributed by atoms with Crippen molar-refractivity contribution in [3.8, 4) is 0 Å². The molecule has 3 N–H and O–H groups in total. The normalized spacial score (nSPS) is 16.1. The number of fused-ring (bicyclic) bond motifs is 15. The Balaban J connectivity index is 0.000000120. The van der Waals surface area contributed by atoms with Crippen molar-refractivity contribution < 1.29 is 19.1 Å². The molecule has 15 heterocycles. The van der Waals surface area contributed by atoms with Crippen molar-refractivity contribution in [1.29, 1.82) is 0 Å². The highest BCUT2D eigenvalue weighted by atomic mass is 16.6. The summed E-state index contributed by atoms with van der Waals surface area (Å²) in [5.74, 6) is -0.691. The summed E-state index contributed by atoms with van der Waals surface area (Å²) in [5.41, 5.74) is 39.0. The van der Waals surface area contributed by atoms with Crippen LogP contribution in [0.15, 0.2) is 244 Å². The van der Waals surface area contributed by atoms with Crippen LogP contribution in [0.25, 0.3) is 54.5 Å². The van der Waals surface area contributed by atoms with E-state index in [1.54, 1.807) is 36.9 Å². The lowest BCUT2D eigenvalue weighted by Crippen LogP contribution is -2.39. The van der Waals surface area contributed by atoms with E-state index in [0.717, 1.165) is 134 Å². The Morgan fingerprint density at radius 2 is 0.754 bits per heavy atom. The fourth-order valence-electron chi connectivity index (χ4n) is 21.3. The first-order chi connectivity index (χ1) is 66.5. The van der Waals surface area contributed by atoms with Gasteiger partial charge in [-0.15, -0.1) is 0 Å². The summed E-state index contributed by atoms with van der Waals surface area (Å²) >= 11 is 0. The number of carbonyl (C=O) groups excluding carboxylic acids is 2. The van der Waals surface area contributed by atoms with Crippen molar-refractivity contribution in [1.82, 2.24) is 82.5 Å². The van der Waals surface area contributed by atoms with Crippen molar-refractivity contribution in [2.45, 2.75) is 189 Å². The van der Waals surface area contributed by atoms with Gasteiger partial charge in [0.25, 0.3) is 0 Å². The summed E-state index contributed by atoms with van der Waals surface area (Å²) in [4.78, 5) is 60.9. The van der Waals surface area contributed by atoms with Crippen molar-refractivity contribution in [3.05, 3.63) is 361 Å². The molecule has 0 spiro atoms. The third kappa shape index (κ3) is 21.3. The third-order valence-corrected chi connectivity index (χ3v) is 28.9. The Bertz CT molecular complexity index is 6940. The minimum atomic E-state index is -0.802. The van der Waals surface area contributed by atoms with Gasteiger partial charge in [-0.1, -0.05) is 102 Å². The first-order valence-electron chi connectivity index (χ1n) is 49.1. The number of pyridine rings is 5. The summed E-state index contributed by atoms with van der Waals surface area (Å²) in [6, 6.07) is 63.9. The lowest BCUT2D eigenvalue weighted by molar-refractivity contribution is -0.164. The third-order valence-electron chi connectivity index (χ3n) is 28.9. The van der Waals surface area contributed by atoms with Crippen LogP contribution in [0, 0.1) is 40.5 Å². The van der Waals surface area contributed by atoms with Crippen LogP contribution in [-0.4, -0.2) is 178 Å². The van der Waals surface area contributed by atoms with E-state index in [1.807, 2.05) is 114 Å². The fraction of sp³-hybridized carbons (Fsp3) is 0.371. The van der Waals surface area contributed by atoms with Crippen LogP contribution in [0.2, 0.25) is 0 Å². The van der Waals surface area contributed by atoms with E-state index in [2.05, 4.69) is 295 Å². The van der Waals surface area contributed by atoms with Gasteiger partial charge in [0.2, 0.25) is 0 Å². The topological polar surface area (TPSA) is 199 Å². The van der Waals surface area contributed by atoms with E-state index >= 15 is 0 Å². The Morgan fingerprint density at radius 3 is 1.12 bits per heavy atom. The van der Waals surface area contributed by atoms with E-state index < -0.39 is 17.2 Å². The molecule has 5 unspecified atom stereocenters. The maximum Gasteiger partial charge on any atom is 0.338 e. The maximum atomic E-state index is 12.9. The molecular weight excluding hydrogens is 1710 g/mol. The number of likely N-dealkylation sites (N-methyl/N-ethyl adjacent to an activating group) is 7. The van der Waals surface area contributed by atoms with Gasteiger partial charge in [0.05, 0.1) is 42.2 Å². The maximum absolute atomic E-state index is 12.9. The number of aryl methyl sites for hydroxylation is 5. The smallest absolute Gasteiger partial charge is 0.338 e.